The van der Waals surface area contributed by atoms with Crippen LogP contribution in [0.2, 0.25) is 0 Å². The van der Waals surface area contributed by atoms with Crippen LogP contribution in [0.4, 0.5) is 4.39 Å². The van der Waals surface area contributed by atoms with Crippen molar-refractivity contribution >= 4 is 21.4 Å². The molecular weight excluding hydrogens is 269 g/mol. The lowest BCUT2D eigenvalue weighted by Gasteiger charge is -2.27. The average Bonchev–Trinajstić information content (AvgIpc) is 2.89. The molecular formula is C17H16FNS. The summed E-state index contributed by atoms with van der Waals surface area (Å²) in [5.41, 5.74) is 8.30. The maximum atomic E-state index is 13.8. The van der Waals surface area contributed by atoms with Crippen LogP contribution in [0.25, 0.3) is 10.1 Å². The fourth-order valence-corrected chi connectivity index (χ4v) is 3.50. The van der Waals surface area contributed by atoms with E-state index in [1.165, 1.54) is 10.1 Å². The van der Waals surface area contributed by atoms with Crippen LogP contribution in [-0.4, -0.2) is 0 Å². The smallest absolute Gasteiger partial charge is 0.126 e. The van der Waals surface area contributed by atoms with Gasteiger partial charge in [0.05, 0.1) is 5.54 Å². The number of hydrogen-bond donors (Lipinski definition) is 1. The molecule has 3 rings (SSSR count). The number of halogens is 1. The van der Waals surface area contributed by atoms with E-state index in [1.54, 1.807) is 30.4 Å². The van der Waals surface area contributed by atoms with Gasteiger partial charge in [-0.2, -0.15) is 0 Å². The van der Waals surface area contributed by atoms with Crippen molar-refractivity contribution in [2.75, 3.05) is 0 Å². The molecule has 0 saturated carbocycles. The Morgan fingerprint density at radius 2 is 1.95 bits per heavy atom. The van der Waals surface area contributed by atoms with Gasteiger partial charge in [-0.15, -0.1) is 11.3 Å². The van der Waals surface area contributed by atoms with Gasteiger partial charge >= 0.3 is 0 Å². The zero-order valence-electron chi connectivity index (χ0n) is 11.5. The van der Waals surface area contributed by atoms with Crippen molar-refractivity contribution in [2.24, 2.45) is 5.73 Å². The first-order chi connectivity index (χ1) is 9.50. The monoisotopic (exact) mass is 285 g/mol. The van der Waals surface area contributed by atoms with Gasteiger partial charge in [-0.25, -0.2) is 4.39 Å². The van der Waals surface area contributed by atoms with Crippen molar-refractivity contribution in [3.63, 3.8) is 0 Å². The standard InChI is InChI=1S/C17H16FNS/c1-11-6-7-13(10-15(11)18)17(2,19)14-5-3-4-12-8-9-20-16(12)14/h3-10H,19H2,1-2H3. The van der Waals surface area contributed by atoms with E-state index in [2.05, 4.69) is 17.5 Å². The Bertz CT molecular complexity index is 774. The van der Waals surface area contributed by atoms with Crippen LogP contribution in [0.15, 0.2) is 47.8 Å². The number of hydrogen-bond acceptors (Lipinski definition) is 2. The lowest BCUT2D eigenvalue weighted by molar-refractivity contribution is 0.581. The Hall–Kier alpha value is -1.71. The number of aryl methyl sites for hydroxylation is 1. The van der Waals surface area contributed by atoms with Gasteiger partial charge in [-0.3, -0.25) is 0 Å². The minimum absolute atomic E-state index is 0.211. The molecule has 0 aliphatic heterocycles. The zero-order valence-corrected chi connectivity index (χ0v) is 12.3. The predicted octanol–water partition coefficient (Wildman–Crippen LogP) is 4.57. The summed E-state index contributed by atoms with van der Waals surface area (Å²) in [7, 11) is 0. The molecule has 20 heavy (non-hydrogen) atoms. The Morgan fingerprint density at radius 3 is 2.70 bits per heavy atom. The molecule has 0 aliphatic carbocycles. The van der Waals surface area contributed by atoms with E-state index < -0.39 is 5.54 Å². The number of benzene rings is 2. The van der Waals surface area contributed by atoms with Crippen molar-refractivity contribution < 1.29 is 4.39 Å². The number of thiophene rings is 1. The molecule has 0 fully saturated rings. The SMILES string of the molecule is Cc1ccc(C(C)(N)c2cccc3ccsc23)cc1F. The summed E-state index contributed by atoms with van der Waals surface area (Å²) in [6, 6.07) is 13.4. The summed E-state index contributed by atoms with van der Waals surface area (Å²) in [4.78, 5) is 0. The van der Waals surface area contributed by atoms with Crippen LogP contribution < -0.4 is 5.73 Å². The van der Waals surface area contributed by atoms with Gasteiger partial charge < -0.3 is 5.73 Å². The molecule has 1 nitrogen and oxygen atoms in total. The first kappa shape index (κ1) is 13.3. The lowest BCUT2D eigenvalue weighted by atomic mass is 9.85. The highest BCUT2D eigenvalue weighted by atomic mass is 32.1. The van der Waals surface area contributed by atoms with E-state index in [-0.39, 0.29) is 5.82 Å². The second kappa shape index (κ2) is 4.69. The molecule has 1 unspecified atom stereocenters. The van der Waals surface area contributed by atoms with E-state index in [4.69, 9.17) is 5.73 Å². The molecule has 2 N–H and O–H groups in total. The van der Waals surface area contributed by atoms with Crippen LogP contribution in [-0.2, 0) is 5.54 Å². The third-order valence-corrected chi connectivity index (χ3v) is 4.77. The summed E-state index contributed by atoms with van der Waals surface area (Å²) in [5.74, 6) is -0.211. The van der Waals surface area contributed by atoms with Crippen molar-refractivity contribution in [3.05, 3.63) is 70.4 Å². The average molecular weight is 285 g/mol. The fraction of sp³-hybridized carbons (Fsp3) is 0.176. The first-order valence-corrected chi connectivity index (χ1v) is 7.40. The van der Waals surface area contributed by atoms with E-state index in [0.717, 1.165) is 11.1 Å². The summed E-state index contributed by atoms with van der Waals surface area (Å²) in [6.45, 7) is 3.69. The van der Waals surface area contributed by atoms with Gasteiger partial charge in [0, 0.05) is 4.70 Å². The summed E-state index contributed by atoms with van der Waals surface area (Å²) < 4.78 is 15.0. The summed E-state index contributed by atoms with van der Waals surface area (Å²) in [6.07, 6.45) is 0. The van der Waals surface area contributed by atoms with Crippen molar-refractivity contribution in [1.29, 1.82) is 0 Å². The van der Waals surface area contributed by atoms with Gasteiger partial charge in [0.15, 0.2) is 0 Å². The molecule has 0 radical (unpaired) electrons. The van der Waals surface area contributed by atoms with Crippen LogP contribution in [0.1, 0.15) is 23.6 Å². The second-order valence-corrected chi connectivity index (χ2v) is 6.23. The number of fused-ring (bicyclic) bond motifs is 1. The highest BCUT2D eigenvalue weighted by molar-refractivity contribution is 7.17. The van der Waals surface area contributed by atoms with Crippen LogP contribution >= 0.6 is 11.3 Å². The molecule has 0 aliphatic rings. The third kappa shape index (κ3) is 2.03. The Balaban J connectivity index is 2.20. The van der Waals surface area contributed by atoms with Gasteiger partial charge in [0.25, 0.3) is 0 Å². The summed E-state index contributed by atoms with van der Waals surface area (Å²) >= 11 is 1.67. The molecule has 0 bridgehead atoms. The molecule has 0 saturated heterocycles. The van der Waals surface area contributed by atoms with E-state index >= 15 is 0 Å². The highest BCUT2D eigenvalue weighted by Gasteiger charge is 2.26. The Labute approximate surface area is 121 Å². The zero-order chi connectivity index (χ0) is 14.3. The van der Waals surface area contributed by atoms with Crippen molar-refractivity contribution in [3.8, 4) is 0 Å². The third-order valence-electron chi connectivity index (χ3n) is 3.81. The van der Waals surface area contributed by atoms with Gasteiger partial charge in [-0.1, -0.05) is 30.3 Å². The van der Waals surface area contributed by atoms with Gasteiger partial charge in [0.2, 0.25) is 0 Å². The molecule has 3 heteroatoms. The van der Waals surface area contributed by atoms with Gasteiger partial charge in [0.1, 0.15) is 5.82 Å². The highest BCUT2D eigenvalue weighted by Crippen LogP contribution is 2.35. The fourth-order valence-electron chi connectivity index (χ4n) is 2.47. The molecule has 3 aromatic rings. The van der Waals surface area contributed by atoms with Crippen LogP contribution in [0.3, 0.4) is 0 Å². The molecule has 1 heterocycles. The first-order valence-electron chi connectivity index (χ1n) is 6.52. The Kier molecular flexibility index (Phi) is 3.11. The number of rotatable bonds is 2. The normalized spacial score (nSPS) is 14.4. The van der Waals surface area contributed by atoms with E-state index in [1.807, 2.05) is 25.1 Å². The summed E-state index contributed by atoms with van der Waals surface area (Å²) in [5, 5.41) is 3.23. The largest absolute Gasteiger partial charge is 0.318 e. The molecule has 102 valence electrons. The Morgan fingerprint density at radius 1 is 1.15 bits per heavy atom. The van der Waals surface area contributed by atoms with Gasteiger partial charge in [-0.05, 0) is 53.4 Å². The van der Waals surface area contributed by atoms with Crippen molar-refractivity contribution in [1.82, 2.24) is 0 Å². The number of nitrogens with two attached hydrogens (primary N) is 1. The maximum Gasteiger partial charge on any atom is 0.126 e. The topological polar surface area (TPSA) is 26.0 Å². The molecule has 0 amide bonds. The van der Waals surface area contributed by atoms with Crippen LogP contribution in [0.5, 0.6) is 0 Å². The van der Waals surface area contributed by atoms with E-state index in [9.17, 15) is 4.39 Å². The minimum Gasteiger partial charge on any atom is -0.318 e. The molecule has 0 spiro atoms. The second-order valence-electron chi connectivity index (χ2n) is 5.31. The molecule has 1 atom stereocenters. The minimum atomic E-state index is -0.709. The predicted molar refractivity (Wildman–Crippen MR) is 83.6 cm³/mol. The van der Waals surface area contributed by atoms with E-state index in [0.29, 0.717) is 5.56 Å². The quantitative estimate of drug-likeness (QED) is 0.733. The molecule has 2 aromatic carbocycles. The van der Waals surface area contributed by atoms with Crippen molar-refractivity contribution in [2.45, 2.75) is 19.4 Å². The maximum absolute atomic E-state index is 13.8. The molecule has 1 aromatic heterocycles. The lowest BCUT2D eigenvalue weighted by Crippen LogP contribution is -2.34. The van der Waals surface area contributed by atoms with Crippen LogP contribution in [0, 0.1) is 12.7 Å².